The van der Waals surface area contributed by atoms with Gasteiger partial charge in [0, 0.05) is 31.6 Å². The van der Waals surface area contributed by atoms with Crippen molar-refractivity contribution in [2.45, 2.75) is 0 Å². The van der Waals surface area contributed by atoms with Crippen LogP contribution in [0.25, 0.3) is 32.5 Å². The molecule has 0 spiro atoms. The van der Waals surface area contributed by atoms with E-state index in [4.69, 9.17) is 0 Å². The van der Waals surface area contributed by atoms with E-state index in [1.807, 2.05) is 66.0 Å². The standard InChI is InChI=1S/C20H11BrN2OS/c21-13-8-19(25-11-13)16-9-18(23-20(24)17(16)10-22)15-7-3-5-12-4-1-2-6-14(12)15/h1-9,11H,(H,23,24). The first-order chi connectivity index (χ1) is 12.2. The molecule has 0 saturated carbocycles. The number of pyridine rings is 1. The van der Waals surface area contributed by atoms with Crippen molar-refractivity contribution in [3.63, 3.8) is 0 Å². The van der Waals surface area contributed by atoms with Crippen molar-refractivity contribution in [3.05, 3.63) is 80.4 Å². The van der Waals surface area contributed by atoms with Crippen LogP contribution in [0.1, 0.15) is 5.56 Å². The van der Waals surface area contributed by atoms with Crippen LogP contribution < -0.4 is 5.56 Å². The minimum absolute atomic E-state index is 0.137. The molecule has 0 radical (unpaired) electrons. The first-order valence-corrected chi connectivity index (χ1v) is 9.24. The molecule has 0 aliphatic rings. The molecule has 2 aromatic carbocycles. The van der Waals surface area contributed by atoms with Crippen molar-refractivity contribution in [1.82, 2.24) is 4.98 Å². The smallest absolute Gasteiger partial charge is 0.267 e. The van der Waals surface area contributed by atoms with Gasteiger partial charge in [-0.15, -0.1) is 11.3 Å². The molecule has 0 atom stereocenters. The fourth-order valence-corrected chi connectivity index (χ4v) is 4.38. The summed E-state index contributed by atoms with van der Waals surface area (Å²) in [7, 11) is 0. The number of fused-ring (bicyclic) bond motifs is 1. The summed E-state index contributed by atoms with van der Waals surface area (Å²) in [6.07, 6.45) is 0. The maximum atomic E-state index is 12.5. The summed E-state index contributed by atoms with van der Waals surface area (Å²) in [5.74, 6) is 0. The lowest BCUT2D eigenvalue weighted by atomic mass is 9.99. The van der Waals surface area contributed by atoms with Crippen molar-refractivity contribution < 1.29 is 0 Å². The second-order valence-corrected chi connectivity index (χ2v) is 7.40. The van der Waals surface area contributed by atoms with Crippen LogP contribution in [0.4, 0.5) is 0 Å². The van der Waals surface area contributed by atoms with Gasteiger partial charge >= 0.3 is 0 Å². The van der Waals surface area contributed by atoms with Gasteiger partial charge in [-0.1, -0.05) is 42.5 Å². The van der Waals surface area contributed by atoms with Crippen LogP contribution in [0.3, 0.4) is 0 Å². The maximum Gasteiger partial charge on any atom is 0.267 e. The fraction of sp³-hybridized carbons (Fsp3) is 0. The average molecular weight is 407 g/mol. The zero-order chi connectivity index (χ0) is 17.4. The molecule has 1 N–H and O–H groups in total. The van der Waals surface area contributed by atoms with Crippen LogP contribution in [-0.2, 0) is 0 Å². The molecule has 0 fully saturated rings. The number of hydrogen-bond donors (Lipinski definition) is 1. The summed E-state index contributed by atoms with van der Waals surface area (Å²) in [6.45, 7) is 0. The van der Waals surface area contributed by atoms with Gasteiger partial charge in [0.2, 0.25) is 0 Å². The number of halogens is 1. The van der Waals surface area contributed by atoms with Crippen molar-refractivity contribution >= 4 is 38.0 Å². The molecule has 0 aliphatic heterocycles. The molecule has 0 bridgehead atoms. The summed E-state index contributed by atoms with van der Waals surface area (Å²) in [6, 6.07) is 19.9. The third-order valence-electron chi connectivity index (χ3n) is 4.06. The van der Waals surface area contributed by atoms with Crippen molar-refractivity contribution in [3.8, 4) is 27.8 Å². The molecule has 0 saturated heterocycles. The third-order valence-corrected chi connectivity index (χ3v) is 5.78. The second-order valence-electron chi connectivity index (χ2n) is 5.57. The van der Waals surface area contributed by atoms with Gasteiger partial charge in [-0.25, -0.2) is 0 Å². The number of thiophene rings is 1. The Kier molecular flexibility index (Phi) is 4.00. The van der Waals surface area contributed by atoms with Crippen LogP contribution in [0.15, 0.2) is 69.2 Å². The van der Waals surface area contributed by atoms with Gasteiger partial charge in [0.05, 0.1) is 0 Å². The maximum absolute atomic E-state index is 12.5. The number of H-pyrrole nitrogens is 1. The van der Waals surface area contributed by atoms with Crippen molar-refractivity contribution in [2.75, 3.05) is 0 Å². The number of rotatable bonds is 2. The Labute approximate surface area is 156 Å². The highest BCUT2D eigenvalue weighted by molar-refractivity contribution is 9.10. The molecule has 0 unspecified atom stereocenters. The zero-order valence-corrected chi connectivity index (χ0v) is 15.3. The number of nitrogens with one attached hydrogen (secondary N) is 1. The molecule has 4 aromatic rings. The number of nitriles is 1. The van der Waals surface area contributed by atoms with E-state index in [1.54, 1.807) is 0 Å². The normalized spacial score (nSPS) is 10.7. The summed E-state index contributed by atoms with van der Waals surface area (Å²) >= 11 is 4.93. The molecule has 4 rings (SSSR count). The van der Waals surface area contributed by atoms with Gasteiger partial charge in [-0.3, -0.25) is 4.79 Å². The Balaban J connectivity index is 2.02. The molecular weight excluding hydrogens is 396 g/mol. The summed E-state index contributed by atoms with van der Waals surface area (Å²) in [5.41, 5.74) is 2.08. The molecule has 3 nitrogen and oxygen atoms in total. The molecule has 0 amide bonds. The first-order valence-electron chi connectivity index (χ1n) is 7.57. The van der Waals surface area contributed by atoms with Crippen LogP contribution in [0.5, 0.6) is 0 Å². The highest BCUT2D eigenvalue weighted by Crippen LogP contribution is 2.34. The molecular formula is C20H11BrN2OS. The summed E-state index contributed by atoms with van der Waals surface area (Å²) in [5, 5.41) is 13.5. The number of nitrogens with zero attached hydrogens (tertiary/aromatic N) is 1. The fourth-order valence-electron chi connectivity index (χ4n) is 2.92. The highest BCUT2D eigenvalue weighted by atomic mass is 79.9. The van der Waals surface area contributed by atoms with E-state index in [1.165, 1.54) is 11.3 Å². The number of hydrogen-bond acceptors (Lipinski definition) is 3. The van der Waals surface area contributed by atoms with Crippen molar-refractivity contribution in [2.24, 2.45) is 0 Å². The van der Waals surface area contributed by atoms with Crippen LogP contribution in [0, 0.1) is 11.3 Å². The Morgan fingerprint density at radius 1 is 1.04 bits per heavy atom. The minimum Gasteiger partial charge on any atom is -0.321 e. The summed E-state index contributed by atoms with van der Waals surface area (Å²) < 4.78 is 0.934. The lowest BCUT2D eigenvalue weighted by molar-refractivity contribution is 1.22. The van der Waals surface area contributed by atoms with Crippen molar-refractivity contribution in [1.29, 1.82) is 5.26 Å². The molecule has 120 valence electrons. The lowest BCUT2D eigenvalue weighted by Crippen LogP contribution is -2.12. The van der Waals surface area contributed by atoms with Crippen LogP contribution in [0.2, 0.25) is 0 Å². The highest BCUT2D eigenvalue weighted by Gasteiger charge is 2.15. The Bertz CT molecular complexity index is 1200. The molecule has 2 aromatic heterocycles. The monoisotopic (exact) mass is 406 g/mol. The second kappa shape index (κ2) is 6.32. The number of aromatic nitrogens is 1. The summed E-state index contributed by atoms with van der Waals surface area (Å²) in [4.78, 5) is 16.2. The Morgan fingerprint density at radius 3 is 2.60 bits per heavy atom. The van der Waals surface area contributed by atoms with Gasteiger partial charge in [-0.05, 0) is 38.8 Å². The average Bonchev–Trinajstić information content (AvgIpc) is 3.07. The van der Waals surface area contributed by atoms with E-state index < -0.39 is 0 Å². The zero-order valence-electron chi connectivity index (χ0n) is 12.9. The quantitative estimate of drug-likeness (QED) is 0.473. The van der Waals surface area contributed by atoms with Gasteiger partial charge in [-0.2, -0.15) is 5.26 Å². The van der Waals surface area contributed by atoms with E-state index in [2.05, 4.69) is 20.9 Å². The van der Waals surface area contributed by atoms with Gasteiger partial charge in [0.25, 0.3) is 5.56 Å². The van der Waals surface area contributed by atoms with Gasteiger partial charge in [0.1, 0.15) is 11.6 Å². The molecule has 2 heterocycles. The van der Waals surface area contributed by atoms with E-state index in [0.717, 1.165) is 25.7 Å². The predicted molar refractivity (Wildman–Crippen MR) is 106 cm³/mol. The Morgan fingerprint density at radius 2 is 1.84 bits per heavy atom. The van der Waals surface area contributed by atoms with E-state index >= 15 is 0 Å². The lowest BCUT2D eigenvalue weighted by Gasteiger charge is -2.09. The van der Waals surface area contributed by atoms with E-state index in [-0.39, 0.29) is 11.1 Å². The van der Waals surface area contributed by atoms with Crippen LogP contribution >= 0.6 is 27.3 Å². The van der Waals surface area contributed by atoms with E-state index in [9.17, 15) is 10.1 Å². The Hall–Kier alpha value is -2.68. The first kappa shape index (κ1) is 15.8. The third kappa shape index (κ3) is 2.80. The molecule has 0 aliphatic carbocycles. The van der Waals surface area contributed by atoms with Gasteiger partial charge in [0.15, 0.2) is 0 Å². The number of benzene rings is 2. The predicted octanol–water partition coefficient (Wildman–Crippen LogP) is 5.56. The minimum atomic E-state index is -0.368. The SMILES string of the molecule is N#Cc1c(-c2cc(Br)cs2)cc(-c2cccc3ccccc23)[nH]c1=O. The number of aromatic amines is 1. The van der Waals surface area contributed by atoms with E-state index in [0.29, 0.717) is 11.3 Å². The van der Waals surface area contributed by atoms with Gasteiger partial charge < -0.3 is 4.98 Å². The largest absolute Gasteiger partial charge is 0.321 e. The van der Waals surface area contributed by atoms with Crippen LogP contribution in [-0.4, -0.2) is 4.98 Å². The molecule has 5 heteroatoms. The topological polar surface area (TPSA) is 56.6 Å². The molecule has 25 heavy (non-hydrogen) atoms.